The molecule has 0 saturated heterocycles. The number of thiophene rings is 1. The van der Waals surface area contributed by atoms with E-state index in [9.17, 15) is 9.59 Å². The average Bonchev–Trinajstić information content (AvgIpc) is 2.91. The zero-order chi connectivity index (χ0) is 12.8. The van der Waals surface area contributed by atoms with Gasteiger partial charge in [0.05, 0.1) is 4.88 Å². The number of hydrogen-bond donors (Lipinski definition) is 1. The van der Waals surface area contributed by atoms with Crippen LogP contribution in [0.1, 0.15) is 22.5 Å². The molecule has 2 aromatic heterocycles. The minimum Gasteiger partial charge on any atom is -0.295 e. The van der Waals surface area contributed by atoms with Gasteiger partial charge in [0.25, 0.3) is 0 Å². The zero-order valence-corrected chi connectivity index (χ0v) is 10.3. The van der Waals surface area contributed by atoms with E-state index >= 15 is 0 Å². The lowest BCUT2D eigenvalue weighted by Crippen LogP contribution is -2.14. The molecule has 2 heterocycles. The van der Waals surface area contributed by atoms with Crippen LogP contribution in [-0.2, 0) is 4.79 Å². The normalized spacial score (nSPS) is 10.0. The highest BCUT2D eigenvalue weighted by Gasteiger charge is 2.10. The third-order valence-corrected chi connectivity index (χ3v) is 3.10. The van der Waals surface area contributed by atoms with E-state index in [4.69, 9.17) is 0 Å². The summed E-state index contributed by atoms with van der Waals surface area (Å²) >= 11 is 1.38. The van der Waals surface area contributed by atoms with Gasteiger partial charge < -0.3 is 0 Å². The first kappa shape index (κ1) is 12.4. The summed E-state index contributed by atoms with van der Waals surface area (Å²) < 4.78 is 0. The molecule has 0 spiro atoms. The second-order valence-electron chi connectivity index (χ2n) is 3.52. The van der Waals surface area contributed by atoms with Gasteiger partial charge in [-0.15, -0.1) is 11.3 Å². The van der Waals surface area contributed by atoms with Crippen molar-refractivity contribution in [2.75, 3.05) is 5.32 Å². The van der Waals surface area contributed by atoms with Crippen molar-refractivity contribution in [2.45, 2.75) is 12.8 Å². The summed E-state index contributed by atoms with van der Waals surface area (Å²) in [6, 6.07) is 5.23. The van der Waals surface area contributed by atoms with Gasteiger partial charge in [-0.2, -0.15) is 0 Å². The van der Waals surface area contributed by atoms with Gasteiger partial charge in [0, 0.05) is 25.2 Å². The topological polar surface area (TPSA) is 72.0 Å². The number of anilines is 1. The summed E-state index contributed by atoms with van der Waals surface area (Å²) in [5, 5.41) is 4.37. The molecule has 0 aliphatic carbocycles. The van der Waals surface area contributed by atoms with E-state index in [2.05, 4.69) is 15.3 Å². The number of carbonyl (C=O) groups excluding carboxylic acids is 2. The fourth-order valence-electron chi connectivity index (χ4n) is 1.34. The highest BCUT2D eigenvalue weighted by atomic mass is 32.1. The van der Waals surface area contributed by atoms with Crippen LogP contribution in [0.2, 0.25) is 0 Å². The Morgan fingerprint density at radius 2 is 1.94 bits per heavy atom. The van der Waals surface area contributed by atoms with Crippen LogP contribution in [0.4, 0.5) is 5.95 Å². The number of rotatable bonds is 5. The Labute approximate surface area is 108 Å². The van der Waals surface area contributed by atoms with Crippen LogP contribution in [0.25, 0.3) is 0 Å². The third kappa shape index (κ3) is 3.46. The van der Waals surface area contributed by atoms with Crippen LogP contribution in [0.3, 0.4) is 0 Å². The van der Waals surface area contributed by atoms with Crippen molar-refractivity contribution in [3.05, 3.63) is 40.8 Å². The zero-order valence-electron chi connectivity index (χ0n) is 9.50. The van der Waals surface area contributed by atoms with Crippen molar-refractivity contribution < 1.29 is 9.59 Å². The summed E-state index contributed by atoms with van der Waals surface area (Å²) in [4.78, 5) is 31.6. The van der Waals surface area contributed by atoms with Crippen LogP contribution in [0.15, 0.2) is 36.0 Å². The van der Waals surface area contributed by atoms with Crippen molar-refractivity contribution >= 4 is 29.0 Å². The largest absolute Gasteiger partial charge is 0.295 e. The second-order valence-corrected chi connectivity index (χ2v) is 4.47. The van der Waals surface area contributed by atoms with E-state index in [0.29, 0.717) is 4.88 Å². The van der Waals surface area contributed by atoms with Crippen LogP contribution < -0.4 is 5.32 Å². The maximum atomic E-state index is 11.7. The van der Waals surface area contributed by atoms with Gasteiger partial charge in [-0.25, -0.2) is 9.97 Å². The van der Waals surface area contributed by atoms with E-state index in [1.54, 1.807) is 24.5 Å². The Balaban J connectivity index is 1.80. The molecule has 0 unspecified atom stereocenters. The molecule has 1 amide bonds. The van der Waals surface area contributed by atoms with Crippen LogP contribution in [0.5, 0.6) is 0 Å². The molecule has 1 N–H and O–H groups in total. The lowest BCUT2D eigenvalue weighted by atomic mass is 10.2. The fourth-order valence-corrected chi connectivity index (χ4v) is 2.03. The minimum absolute atomic E-state index is 0.0193. The highest BCUT2D eigenvalue weighted by molar-refractivity contribution is 7.12. The van der Waals surface area contributed by atoms with E-state index in [1.165, 1.54) is 11.3 Å². The number of nitrogens with one attached hydrogen (secondary N) is 1. The average molecular weight is 261 g/mol. The standard InChI is InChI=1S/C12H11N3O2S/c16-9(10-3-1-8-18-10)4-5-11(17)15-12-13-6-2-7-14-12/h1-3,6-8H,4-5H2,(H,13,14,15,17). The molecule has 0 saturated carbocycles. The second kappa shape index (κ2) is 6.02. The summed E-state index contributed by atoms with van der Waals surface area (Å²) in [7, 11) is 0. The number of nitrogens with zero attached hydrogens (tertiary/aromatic N) is 2. The molecular weight excluding hydrogens is 250 g/mol. The molecular formula is C12H11N3O2S. The summed E-state index contributed by atoms with van der Waals surface area (Å²) in [6.45, 7) is 0. The molecule has 6 heteroatoms. The van der Waals surface area contributed by atoms with Crippen LogP contribution in [0, 0.1) is 0 Å². The maximum Gasteiger partial charge on any atom is 0.229 e. The number of ketones is 1. The lowest BCUT2D eigenvalue weighted by Gasteiger charge is -2.01. The van der Waals surface area contributed by atoms with Gasteiger partial charge in [-0.05, 0) is 17.5 Å². The summed E-state index contributed by atoms with van der Waals surface area (Å²) in [6.07, 6.45) is 3.41. The molecule has 2 aromatic rings. The minimum atomic E-state index is -0.258. The lowest BCUT2D eigenvalue weighted by molar-refractivity contribution is -0.116. The number of Topliss-reactive ketones (excluding diaryl/α,β-unsaturated/α-hetero) is 1. The van der Waals surface area contributed by atoms with Crippen molar-refractivity contribution in [3.63, 3.8) is 0 Å². The van der Waals surface area contributed by atoms with Gasteiger partial charge in [0.15, 0.2) is 5.78 Å². The van der Waals surface area contributed by atoms with Crippen molar-refractivity contribution in [1.29, 1.82) is 0 Å². The molecule has 0 atom stereocenters. The first-order valence-electron chi connectivity index (χ1n) is 5.39. The smallest absolute Gasteiger partial charge is 0.229 e. The summed E-state index contributed by atoms with van der Waals surface area (Å²) in [5.74, 6) is -0.0219. The number of amides is 1. The van der Waals surface area contributed by atoms with Crippen LogP contribution >= 0.6 is 11.3 Å². The number of carbonyl (C=O) groups is 2. The van der Waals surface area contributed by atoms with Gasteiger partial charge >= 0.3 is 0 Å². The highest BCUT2D eigenvalue weighted by Crippen LogP contribution is 2.12. The molecule has 92 valence electrons. The van der Waals surface area contributed by atoms with Gasteiger partial charge in [0.2, 0.25) is 11.9 Å². The molecule has 0 aliphatic rings. The molecule has 0 bridgehead atoms. The van der Waals surface area contributed by atoms with E-state index in [-0.39, 0.29) is 30.5 Å². The monoisotopic (exact) mass is 261 g/mol. The first-order valence-corrected chi connectivity index (χ1v) is 6.27. The Morgan fingerprint density at radius 3 is 2.61 bits per heavy atom. The quantitative estimate of drug-likeness (QED) is 0.837. The molecule has 0 aliphatic heterocycles. The Bertz CT molecular complexity index is 526. The summed E-state index contributed by atoms with van der Waals surface area (Å²) in [5.41, 5.74) is 0. The Hall–Kier alpha value is -2.08. The number of aromatic nitrogens is 2. The Morgan fingerprint density at radius 1 is 1.17 bits per heavy atom. The van der Waals surface area contributed by atoms with Crippen molar-refractivity contribution in [1.82, 2.24) is 9.97 Å². The van der Waals surface area contributed by atoms with Crippen molar-refractivity contribution in [2.24, 2.45) is 0 Å². The van der Waals surface area contributed by atoms with E-state index < -0.39 is 0 Å². The number of hydrogen-bond acceptors (Lipinski definition) is 5. The molecule has 0 fully saturated rings. The SMILES string of the molecule is O=C(CCC(=O)c1cccs1)Nc1ncccn1. The van der Waals surface area contributed by atoms with E-state index in [1.807, 2.05) is 11.4 Å². The predicted molar refractivity (Wildman–Crippen MR) is 68.5 cm³/mol. The van der Waals surface area contributed by atoms with Gasteiger partial charge in [0.1, 0.15) is 0 Å². The maximum absolute atomic E-state index is 11.7. The van der Waals surface area contributed by atoms with Crippen LogP contribution in [-0.4, -0.2) is 21.7 Å². The Kier molecular flexibility index (Phi) is 4.14. The van der Waals surface area contributed by atoms with Gasteiger partial charge in [-0.1, -0.05) is 6.07 Å². The molecule has 0 aromatic carbocycles. The molecule has 5 nitrogen and oxygen atoms in total. The molecule has 0 radical (unpaired) electrons. The fraction of sp³-hybridized carbons (Fsp3) is 0.167. The van der Waals surface area contributed by atoms with Gasteiger partial charge in [-0.3, -0.25) is 14.9 Å². The first-order chi connectivity index (χ1) is 8.75. The van der Waals surface area contributed by atoms with Crippen molar-refractivity contribution in [3.8, 4) is 0 Å². The predicted octanol–water partition coefficient (Wildman–Crippen LogP) is 2.14. The third-order valence-electron chi connectivity index (χ3n) is 2.19. The molecule has 18 heavy (non-hydrogen) atoms. The molecule has 2 rings (SSSR count). The van der Waals surface area contributed by atoms with E-state index in [0.717, 1.165) is 0 Å².